The summed E-state index contributed by atoms with van der Waals surface area (Å²) in [5.74, 6) is -1.67. The zero-order valence-corrected chi connectivity index (χ0v) is 35.5. The standard InChI is InChI=1S/C47H58N4O11/c1-4-23-50(46(55)58-3)42-29-40(49-60-31-33-17-19-35(20-18-33)51(56)57)38-27-34(15-9-11-24-52)37(16-10-12-25-53)43-39-28-36(61-45(54)48-30-32-13-7-6-8-14-32)21-22-41(39)62-47(42,44(38)43)59-26-5-2/h5-8,13-14,17-22,27-28,34,37,42-44,52-53H,2,4,9-12,15-16,23-26,29-31H2,1,3H3,(H,48,54). The van der Waals surface area contributed by atoms with Crippen molar-refractivity contribution in [2.45, 2.75) is 89.2 Å². The number of fused-ring (bicyclic) bond motifs is 2. The predicted molar refractivity (Wildman–Crippen MR) is 232 cm³/mol. The normalized spacial score (nSPS) is 22.9. The number of aliphatic hydroxyl groups excluding tert-OH is 2. The van der Waals surface area contributed by atoms with E-state index >= 15 is 0 Å². The molecule has 1 aliphatic heterocycles. The van der Waals surface area contributed by atoms with Crippen molar-refractivity contribution in [1.82, 2.24) is 10.2 Å². The lowest BCUT2D eigenvalue weighted by atomic mass is 9.55. The number of rotatable bonds is 21. The number of carbonyl (C=O) groups excluding carboxylic acids is 2. The Morgan fingerprint density at radius 2 is 1.77 bits per heavy atom. The molecule has 1 heterocycles. The lowest BCUT2D eigenvalue weighted by Crippen LogP contribution is -2.70. The Morgan fingerprint density at radius 3 is 2.45 bits per heavy atom. The topological polar surface area (TPSA) is 192 Å². The van der Waals surface area contributed by atoms with Crippen LogP contribution in [0.15, 0.2) is 102 Å². The van der Waals surface area contributed by atoms with Crippen LogP contribution in [0.3, 0.4) is 0 Å². The summed E-state index contributed by atoms with van der Waals surface area (Å²) in [6.07, 6.45) is 7.62. The minimum atomic E-state index is -1.49. The summed E-state index contributed by atoms with van der Waals surface area (Å²) in [6.45, 7) is 6.73. The monoisotopic (exact) mass is 854 g/mol. The highest BCUT2D eigenvalue weighted by atomic mass is 16.7. The fourth-order valence-corrected chi connectivity index (χ4v) is 9.26. The van der Waals surface area contributed by atoms with E-state index in [4.69, 9.17) is 28.9 Å². The number of amides is 2. The number of unbranched alkanes of at least 4 members (excludes halogenated alkanes) is 2. The Hall–Kier alpha value is -5.77. The number of nitrogens with one attached hydrogen (secondary N) is 1. The summed E-state index contributed by atoms with van der Waals surface area (Å²) < 4.78 is 25.4. The lowest BCUT2D eigenvalue weighted by Gasteiger charge is -2.59. The fourth-order valence-electron chi connectivity index (χ4n) is 9.26. The molecule has 3 N–H and O–H groups in total. The summed E-state index contributed by atoms with van der Waals surface area (Å²) in [5.41, 5.74) is 3.75. The zero-order chi connectivity index (χ0) is 44.1. The minimum absolute atomic E-state index is 0.0252. The molecule has 2 amide bonds. The maximum atomic E-state index is 13.8. The molecular formula is C47H58N4O11. The number of aliphatic hydroxyl groups is 2. The van der Waals surface area contributed by atoms with Crippen molar-refractivity contribution in [3.63, 3.8) is 0 Å². The summed E-state index contributed by atoms with van der Waals surface area (Å²) >= 11 is 0. The number of benzene rings is 3. The van der Waals surface area contributed by atoms with Crippen molar-refractivity contribution in [1.29, 1.82) is 0 Å². The van der Waals surface area contributed by atoms with E-state index in [2.05, 4.69) is 18.0 Å². The molecule has 0 saturated heterocycles. The maximum Gasteiger partial charge on any atom is 0.412 e. The molecule has 332 valence electrons. The van der Waals surface area contributed by atoms with Gasteiger partial charge in [0.1, 0.15) is 24.1 Å². The number of allylic oxidation sites excluding steroid dienone is 1. The van der Waals surface area contributed by atoms with Crippen molar-refractivity contribution in [3.8, 4) is 11.5 Å². The number of non-ortho nitro benzene ring substituents is 1. The fraction of sp³-hybridized carbons (Fsp3) is 0.468. The molecule has 15 heteroatoms. The van der Waals surface area contributed by atoms with Gasteiger partial charge in [0.2, 0.25) is 5.79 Å². The number of hydrogen-bond acceptors (Lipinski definition) is 12. The highest BCUT2D eigenvalue weighted by Gasteiger charge is 2.65. The van der Waals surface area contributed by atoms with Crippen molar-refractivity contribution < 1.29 is 48.5 Å². The molecule has 0 bridgehead atoms. The van der Waals surface area contributed by atoms with Gasteiger partial charge in [-0.3, -0.25) is 15.0 Å². The third kappa shape index (κ3) is 10.5. The van der Waals surface area contributed by atoms with Gasteiger partial charge in [-0.2, -0.15) is 0 Å². The van der Waals surface area contributed by atoms with Gasteiger partial charge in [0.05, 0.1) is 30.3 Å². The van der Waals surface area contributed by atoms with Crippen LogP contribution in [-0.4, -0.2) is 83.2 Å². The zero-order valence-electron chi connectivity index (χ0n) is 35.5. The van der Waals surface area contributed by atoms with Gasteiger partial charge in [-0.05, 0) is 91.0 Å². The molecule has 6 unspecified atom stereocenters. The number of methoxy groups -OCH3 is 1. The van der Waals surface area contributed by atoms with Crippen molar-refractivity contribution >= 4 is 23.6 Å². The van der Waals surface area contributed by atoms with Crippen LogP contribution in [0.4, 0.5) is 15.3 Å². The molecule has 6 atom stereocenters. The minimum Gasteiger partial charge on any atom is -0.459 e. The molecule has 0 spiro atoms. The first-order valence-corrected chi connectivity index (χ1v) is 21.5. The molecule has 62 heavy (non-hydrogen) atoms. The number of nitro groups is 1. The van der Waals surface area contributed by atoms with E-state index in [0.717, 1.165) is 42.4 Å². The second kappa shape index (κ2) is 21.8. The number of ether oxygens (including phenoxy) is 4. The van der Waals surface area contributed by atoms with Gasteiger partial charge in [0, 0.05) is 56.3 Å². The van der Waals surface area contributed by atoms with Crippen LogP contribution in [-0.2, 0) is 27.5 Å². The molecule has 3 aromatic rings. The Kier molecular flexibility index (Phi) is 16.1. The number of nitrogens with zero attached hydrogens (tertiary/aromatic N) is 3. The van der Waals surface area contributed by atoms with E-state index in [1.165, 1.54) is 19.2 Å². The van der Waals surface area contributed by atoms with Gasteiger partial charge in [-0.25, -0.2) is 9.59 Å². The van der Waals surface area contributed by atoms with E-state index in [-0.39, 0.29) is 62.8 Å². The number of nitro benzene ring substituents is 1. The summed E-state index contributed by atoms with van der Waals surface area (Å²) in [5, 5.41) is 38.7. The van der Waals surface area contributed by atoms with Gasteiger partial charge < -0.3 is 39.3 Å². The molecule has 1 fully saturated rings. The first kappa shape index (κ1) is 45.7. The van der Waals surface area contributed by atoms with Crippen LogP contribution < -0.4 is 14.8 Å². The van der Waals surface area contributed by atoms with Crippen LogP contribution in [0.1, 0.15) is 80.9 Å². The lowest BCUT2D eigenvalue weighted by molar-refractivity contribution is -0.384. The van der Waals surface area contributed by atoms with Gasteiger partial charge >= 0.3 is 12.2 Å². The van der Waals surface area contributed by atoms with Crippen LogP contribution in [0.25, 0.3) is 0 Å². The Labute approximate surface area is 362 Å². The Bertz CT molecular complexity index is 2060. The second-order valence-corrected chi connectivity index (χ2v) is 15.9. The van der Waals surface area contributed by atoms with Gasteiger partial charge in [-0.1, -0.05) is 67.4 Å². The third-order valence-electron chi connectivity index (χ3n) is 11.9. The quantitative estimate of drug-likeness (QED) is 0.0405. The van der Waals surface area contributed by atoms with Crippen LogP contribution in [0.2, 0.25) is 0 Å². The highest BCUT2D eigenvalue weighted by molar-refractivity contribution is 6.03. The van der Waals surface area contributed by atoms with Crippen molar-refractivity contribution in [2.75, 3.05) is 33.5 Å². The second-order valence-electron chi connectivity index (χ2n) is 15.9. The molecular weight excluding hydrogens is 797 g/mol. The number of oxime groups is 1. The van der Waals surface area contributed by atoms with Crippen LogP contribution in [0, 0.1) is 27.9 Å². The summed E-state index contributed by atoms with van der Waals surface area (Å²) in [6, 6.07) is 20.1. The van der Waals surface area contributed by atoms with E-state index in [1.807, 2.05) is 43.3 Å². The van der Waals surface area contributed by atoms with Crippen LogP contribution in [0.5, 0.6) is 11.5 Å². The summed E-state index contributed by atoms with van der Waals surface area (Å²) in [7, 11) is 1.34. The van der Waals surface area contributed by atoms with Gasteiger partial charge in [0.15, 0.2) is 0 Å². The Morgan fingerprint density at radius 1 is 1.03 bits per heavy atom. The predicted octanol–water partition coefficient (Wildman–Crippen LogP) is 8.20. The number of carbonyl (C=O) groups is 2. The molecule has 2 aliphatic carbocycles. The molecule has 3 aromatic carbocycles. The average molecular weight is 855 g/mol. The average Bonchev–Trinajstić information content (AvgIpc) is 3.28. The SMILES string of the molecule is C=CCOC12Oc3ccc(OC(=O)NCc4ccccc4)cc3C3C(CCCCO)C(CCCCO)C=C(C(=NOCc4ccc([N+](=O)[O-])cc4)CC1N(CCC)C(=O)OC)C32. The largest absolute Gasteiger partial charge is 0.459 e. The molecule has 1 saturated carbocycles. The van der Waals surface area contributed by atoms with Crippen molar-refractivity contribution in [2.24, 2.45) is 22.9 Å². The van der Waals surface area contributed by atoms with Gasteiger partial charge in [0.25, 0.3) is 5.69 Å². The molecule has 0 aromatic heterocycles. The van der Waals surface area contributed by atoms with Crippen LogP contribution >= 0.6 is 0 Å². The first-order chi connectivity index (χ1) is 30.2. The number of hydrogen-bond donors (Lipinski definition) is 3. The molecule has 6 rings (SSSR count). The smallest absolute Gasteiger partial charge is 0.412 e. The van der Waals surface area contributed by atoms with Gasteiger partial charge in [-0.15, -0.1) is 6.58 Å². The third-order valence-corrected chi connectivity index (χ3v) is 11.9. The van der Waals surface area contributed by atoms with E-state index in [9.17, 15) is 29.9 Å². The molecule has 3 aliphatic rings. The Balaban J connectivity index is 1.50. The van der Waals surface area contributed by atoms with E-state index < -0.39 is 34.9 Å². The highest BCUT2D eigenvalue weighted by Crippen LogP contribution is 2.62. The first-order valence-electron chi connectivity index (χ1n) is 21.5. The molecule has 15 nitrogen and oxygen atoms in total. The summed E-state index contributed by atoms with van der Waals surface area (Å²) in [4.78, 5) is 45.6. The maximum absolute atomic E-state index is 13.8. The molecule has 0 radical (unpaired) electrons. The van der Waals surface area contributed by atoms with E-state index in [1.54, 1.807) is 35.2 Å². The van der Waals surface area contributed by atoms with E-state index in [0.29, 0.717) is 48.6 Å². The van der Waals surface area contributed by atoms with Crippen molar-refractivity contribution in [3.05, 3.63) is 124 Å².